The molecule has 0 aliphatic heterocycles. The molecule has 0 bridgehead atoms. The molecule has 118 valence electrons. The summed E-state index contributed by atoms with van der Waals surface area (Å²) in [7, 11) is 4.01. The fraction of sp³-hybridized carbons (Fsp3) is 0.222. The molecule has 0 fully saturated rings. The van der Waals surface area contributed by atoms with Crippen LogP contribution in [0.4, 0.5) is 5.69 Å². The van der Waals surface area contributed by atoms with Crippen molar-refractivity contribution in [3.63, 3.8) is 0 Å². The predicted molar refractivity (Wildman–Crippen MR) is 91.8 cm³/mol. The Morgan fingerprint density at radius 2 is 1.91 bits per heavy atom. The van der Waals surface area contributed by atoms with Gasteiger partial charge in [0.05, 0.1) is 23.2 Å². The number of aromatic nitrogens is 2. The van der Waals surface area contributed by atoms with E-state index < -0.39 is 0 Å². The Hall–Kier alpha value is -2.82. The maximum absolute atomic E-state index is 11.8. The van der Waals surface area contributed by atoms with E-state index >= 15 is 0 Å². The normalized spacial score (nSPS) is 10.7. The summed E-state index contributed by atoms with van der Waals surface area (Å²) >= 11 is 0. The number of rotatable bonds is 4. The summed E-state index contributed by atoms with van der Waals surface area (Å²) < 4.78 is 5.02. The third kappa shape index (κ3) is 3.04. The van der Waals surface area contributed by atoms with E-state index in [-0.39, 0.29) is 5.97 Å². The van der Waals surface area contributed by atoms with Gasteiger partial charge in [0.1, 0.15) is 5.82 Å². The topological polar surface area (TPSA) is 58.2 Å². The second kappa shape index (κ2) is 6.12. The molecule has 0 spiro atoms. The average Bonchev–Trinajstić information content (AvgIpc) is 2.98. The standard InChI is InChI=1S/C18H19N3O2/c1-4-23-18(22)13-7-10-15-16(11-13)20-17(19-15)12-5-8-14(9-6-12)21(2)3/h5-11H,4H2,1-3H3,(H,19,20). The molecular weight excluding hydrogens is 290 g/mol. The zero-order valence-corrected chi connectivity index (χ0v) is 13.5. The number of imidazole rings is 1. The minimum atomic E-state index is -0.325. The van der Waals surface area contributed by atoms with Crippen molar-refractivity contribution in [2.45, 2.75) is 6.92 Å². The van der Waals surface area contributed by atoms with Crippen molar-refractivity contribution < 1.29 is 9.53 Å². The maximum Gasteiger partial charge on any atom is 0.338 e. The zero-order valence-electron chi connectivity index (χ0n) is 13.5. The number of aromatic amines is 1. The van der Waals surface area contributed by atoms with Crippen LogP contribution < -0.4 is 4.90 Å². The van der Waals surface area contributed by atoms with Gasteiger partial charge in [-0.2, -0.15) is 0 Å². The average molecular weight is 309 g/mol. The number of anilines is 1. The third-order valence-corrected chi connectivity index (χ3v) is 3.65. The van der Waals surface area contributed by atoms with Gasteiger partial charge in [0.2, 0.25) is 0 Å². The van der Waals surface area contributed by atoms with Gasteiger partial charge < -0.3 is 14.6 Å². The summed E-state index contributed by atoms with van der Waals surface area (Å²) in [6.45, 7) is 2.15. The molecule has 3 rings (SSSR count). The lowest BCUT2D eigenvalue weighted by atomic mass is 10.2. The smallest absolute Gasteiger partial charge is 0.338 e. The number of carbonyl (C=O) groups is 1. The minimum absolute atomic E-state index is 0.325. The molecule has 0 saturated carbocycles. The number of carbonyl (C=O) groups excluding carboxylic acids is 1. The maximum atomic E-state index is 11.8. The van der Waals surface area contributed by atoms with Crippen molar-refractivity contribution in [2.24, 2.45) is 0 Å². The van der Waals surface area contributed by atoms with Crippen LogP contribution >= 0.6 is 0 Å². The Bertz CT molecular complexity index is 835. The summed E-state index contributed by atoms with van der Waals surface area (Å²) in [5.41, 5.74) is 4.30. The van der Waals surface area contributed by atoms with Gasteiger partial charge in [-0.1, -0.05) is 0 Å². The van der Waals surface area contributed by atoms with Gasteiger partial charge in [0.15, 0.2) is 0 Å². The number of fused-ring (bicyclic) bond motifs is 1. The molecule has 23 heavy (non-hydrogen) atoms. The van der Waals surface area contributed by atoms with Gasteiger partial charge >= 0.3 is 5.97 Å². The van der Waals surface area contributed by atoms with Gasteiger partial charge in [0, 0.05) is 25.3 Å². The molecule has 0 atom stereocenters. The van der Waals surface area contributed by atoms with E-state index in [1.165, 1.54) is 0 Å². The fourth-order valence-corrected chi connectivity index (χ4v) is 2.40. The van der Waals surface area contributed by atoms with Gasteiger partial charge in [-0.05, 0) is 49.4 Å². The molecule has 5 nitrogen and oxygen atoms in total. The first-order valence-corrected chi connectivity index (χ1v) is 7.53. The molecule has 0 saturated heterocycles. The highest BCUT2D eigenvalue weighted by Gasteiger charge is 2.10. The van der Waals surface area contributed by atoms with Crippen molar-refractivity contribution in [3.05, 3.63) is 48.0 Å². The van der Waals surface area contributed by atoms with E-state index in [9.17, 15) is 4.79 Å². The number of hydrogen-bond donors (Lipinski definition) is 1. The Labute approximate surface area is 134 Å². The van der Waals surface area contributed by atoms with E-state index in [1.807, 2.05) is 49.3 Å². The lowest BCUT2D eigenvalue weighted by Crippen LogP contribution is -2.07. The van der Waals surface area contributed by atoms with Gasteiger partial charge in [-0.25, -0.2) is 9.78 Å². The van der Waals surface area contributed by atoms with Crippen molar-refractivity contribution in [1.29, 1.82) is 0 Å². The number of H-pyrrole nitrogens is 1. The molecule has 0 unspecified atom stereocenters. The first kappa shape index (κ1) is 15.1. The van der Waals surface area contributed by atoms with Crippen LogP contribution in [0.15, 0.2) is 42.5 Å². The third-order valence-electron chi connectivity index (χ3n) is 3.65. The molecule has 0 radical (unpaired) electrons. The van der Waals surface area contributed by atoms with E-state index in [1.54, 1.807) is 19.1 Å². The molecule has 2 aromatic carbocycles. The molecule has 0 amide bonds. The van der Waals surface area contributed by atoms with E-state index in [0.29, 0.717) is 12.2 Å². The van der Waals surface area contributed by atoms with Gasteiger partial charge in [-0.15, -0.1) is 0 Å². The Morgan fingerprint density at radius 3 is 2.57 bits per heavy atom. The molecule has 1 N–H and O–H groups in total. The van der Waals surface area contributed by atoms with Gasteiger partial charge in [0.25, 0.3) is 0 Å². The highest BCUT2D eigenvalue weighted by molar-refractivity contribution is 5.94. The van der Waals surface area contributed by atoms with Crippen LogP contribution in [0.3, 0.4) is 0 Å². The molecule has 0 aliphatic carbocycles. The Morgan fingerprint density at radius 1 is 1.17 bits per heavy atom. The summed E-state index contributed by atoms with van der Waals surface area (Å²) in [5, 5.41) is 0. The molecule has 5 heteroatoms. The van der Waals surface area contributed by atoms with Crippen molar-refractivity contribution in [3.8, 4) is 11.4 Å². The zero-order chi connectivity index (χ0) is 16.4. The highest BCUT2D eigenvalue weighted by Crippen LogP contribution is 2.23. The second-order valence-corrected chi connectivity index (χ2v) is 5.48. The molecule has 1 heterocycles. The van der Waals surface area contributed by atoms with Crippen LogP contribution in [0.2, 0.25) is 0 Å². The number of nitrogens with zero attached hydrogens (tertiary/aromatic N) is 2. The summed E-state index contributed by atoms with van der Waals surface area (Å²) in [6.07, 6.45) is 0. The molecular formula is C18H19N3O2. The van der Waals surface area contributed by atoms with Crippen molar-refractivity contribution >= 4 is 22.7 Å². The predicted octanol–water partition coefficient (Wildman–Crippen LogP) is 3.47. The lowest BCUT2D eigenvalue weighted by molar-refractivity contribution is 0.0526. The number of esters is 1. The van der Waals surface area contributed by atoms with E-state index in [0.717, 1.165) is 28.1 Å². The first-order chi connectivity index (χ1) is 11.1. The minimum Gasteiger partial charge on any atom is -0.462 e. The molecule has 1 aromatic heterocycles. The van der Waals surface area contributed by atoms with Crippen LogP contribution in [0.25, 0.3) is 22.4 Å². The number of benzene rings is 2. The SMILES string of the molecule is CCOC(=O)c1ccc2[nH]c(-c3ccc(N(C)C)cc3)nc2c1. The molecule has 0 aliphatic rings. The Balaban J connectivity index is 1.94. The summed E-state index contributed by atoms with van der Waals surface area (Å²) in [5.74, 6) is 0.459. The largest absolute Gasteiger partial charge is 0.462 e. The van der Waals surface area contributed by atoms with E-state index in [2.05, 4.69) is 9.97 Å². The van der Waals surface area contributed by atoms with Gasteiger partial charge in [-0.3, -0.25) is 0 Å². The fourth-order valence-electron chi connectivity index (χ4n) is 2.40. The van der Waals surface area contributed by atoms with Crippen molar-refractivity contribution in [1.82, 2.24) is 9.97 Å². The number of hydrogen-bond acceptors (Lipinski definition) is 4. The van der Waals surface area contributed by atoms with Crippen molar-refractivity contribution in [2.75, 3.05) is 25.6 Å². The summed E-state index contributed by atoms with van der Waals surface area (Å²) in [4.78, 5) is 21.7. The van der Waals surface area contributed by atoms with Crippen LogP contribution in [-0.2, 0) is 4.74 Å². The second-order valence-electron chi connectivity index (χ2n) is 5.48. The highest BCUT2D eigenvalue weighted by atomic mass is 16.5. The van der Waals surface area contributed by atoms with Crippen LogP contribution in [0.5, 0.6) is 0 Å². The summed E-state index contributed by atoms with van der Waals surface area (Å²) in [6, 6.07) is 13.5. The first-order valence-electron chi connectivity index (χ1n) is 7.53. The molecule has 3 aromatic rings. The lowest BCUT2D eigenvalue weighted by Gasteiger charge is -2.11. The monoisotopic (exact) mass is 309 g/mol. The quantitative estimate of drug-likeness (QED) is 0.750. The van der Waals surface area contributed by atoms with Crippen LogP contribution in [0.1, 0.15) is 17.3 Å². The van der Waals surface area contributed by atoms with E-state index in [4.69, 9.17) is 4.74 Å². The van der Waals surface area contributed by atoms with Crippen LogP contribution in [-0.4, -0.2) is 36.6 Å². The van der Waals surface area contributed by atoms with Crippen LogP contribution in [0, 0.1) is 0 Å². The number of ether oxygens (including phenoxy) is 1. The Kier molecular flexibility index (Phi) is 4.02. The number of nitrogens with one attached hydrogen (secondary N) is 1.